The van der Waals surface area contributed by atoms with E-state index in [0.29, 0.717) is 19.4 Å². The topological polar surface area (TPSA) is 72.9 Å². The van der Waals surface area contributed by atoms with Gasteiger partial charge in [0.1, 0.15) is 6.17 Å². The number of nitrogens with zero attached hydrogens (tertiary/aromatic N) is 2. The highest BCUT2D eigenvalue weighted by atomic mass is 16.5. The minimum absolute atomic E-state index is 0.0998. The van der Waals surface area contributed by atoms with Crippen LogP contribution in [-0.4, -0.2) is 46.4 Å². The molecule has 6 nitrogen and oxygen atoms in total. The maximum Gasteiger partial charge on any atom is 0.345 e. The van der Waals surface area contributed by atoms with Gasteiger partial charge in [0, 0.05) is 6.54 Å². The Balaban J connectivity index is 2.12. The van der Waals surface area contributed by atoms with Crippen LogP contribution in [-0.2, 0) is 4.79 Å². The van der Waals surface area contributed by atoms with Crippen LogP contribution in [0.4, 0.5) is 4.79 Å². The van der Waals surface area contributed by atoms with Gasteiger partial charge < -0.3 is 10.2 Å². The highest BCUT2D eigenvalue weighted by Crippen LogP contribution is 2.26. The summed E-state index contributed by atoms with van der Waals surface area (Å²) in [5, 5.41) is 12.6. The number of fused-ring (bicyclic) bond motifs is 2. The van der Waals surface area contributed by atoms with Crippen molar-refractivity contribution in [2.75, 3.05) is 6.54 Å². The summed E-state index contributed by atoms with van der Waals surface area (Å²) in [7, 11) is 0. The lowest BCUT2D eigenvalue weighted by Gasteiger charge is -2.29. The summed E-state index contributed by atoms with van der Waals surface area (Å²) in [5.74, 6) is 0. The number of piperidine rings is 1. The molecule has 2 saturated heterocycles. The molecule has 0 saturated carbocycles. The predicted octanol–water partition coefficient (Wildman–Crippen LogP) is -0.652. The summed E-state index contributed by atoms with van der Waals surface area (Å²) in [6.07, 6.45) is 1.76. The molecule has 0 aromatic rings. The molecule has 0 radical (unpaired) electrons. The van der Waals surface area contributed by atoms with Crippen LogP contribution in [0.5, 0.6) is 0 Å². The summed E-state index contributed by atoms with van der Waals surface area (Å²) < 4.78 is 0. The van der Waals surface area contributed by atoms with Crippen molar-refractivity contribution in [3.63, 3.8) is 0 Å². The fraction of sp³-hybridized carbons (Fsp3) is 0.714. The first kappa shape index (κ1) is 8.31. The van der Waals surface area contributed by atoms with Crippen molar-refractivity contribution in [2.24, 2.45) is 0 Å². The number of amides is 3. The van der Waals surface area contributed by atoms with Gasteiger partial charge in [0.25, 0.3) is 0 Å². The number of urea groups is 1. The van der Waals surface area contributed by atoms with Crippen molar-refractivity contribution in [2.45, 2.75) is 25.0 Å². The van der Waals surface area contributed by atoms with E-state index in [1.807, 2.05) is 0 Å². The Morgan fingerprint density at radius 2 is 2.31 bits per heavy atom. The Bertz CT molecular complexity index is 245. The first-order valence-corrected chi connectivity index (χ1v) is 4.22. The smallest absolute Gasteiger partial charge is 0.338 e. The molecule has 6 heteroatoms. The molecular weight excluding hydrogens is 174 g/mol. The molecule has 0 spiro atoms. The largest absolute Gasteiger partial charge is 0.345 e. The molecule has 2 fully saturated rings. The van der Waals surface area contributed by atoms with E-state index in [4.69, 9.17) is 0 Å². The average molecular weight is 185 g/mol. The molecule has 2 rings (SSSR count). The monoisotopic (exact) mass is 185 g/mol. The molecule has 2 aliphatic rings. The highest BCUT2D eigenvalue weighted by molar-refractivity contribution is 5.76. The van der Waals surface area contributed by atoms with Gasteiger partial charge >= 0.3 is 6.03 Å². The molecule has 3 amide bonds. The third kappa shape index (κ3) is 1.14. The number of hydrogen-bond acceptors (Lipinski definition) is 3. The van der Waals surface area contributed by atoms with E-state index in [-0.39, 0.29) is 12.2 Å². The van der Waals surface area contributed by atoms with Gasteiger partial charge in [-0.1, -0.05) is 0 Å². The summed E-state index contributed by atoms with van der Waals surface area (Å²) in [5.41, 5.74) is 0. The zero-order valence-corrected chi connectivity index (χ0v) is 7.01. The van der Waals surface area contributed by atoms with Gasteiger partial charge in [-0.05, 0) is 12.8 Å². The first-order chi connectivity index (χ1) is 6.24. The van der Waals surface area contributed by atoms with Gasteiger partial charge in [0.15, 0.2) is 0 Å². The predicted molar refractivity (Wildman–Crippen MR) is 41.7 cm³/mol. The second kappa shape index (κ2) is 2.88. The van der Waals surface area contributed by atoms with Crippen LogP contribution < -0.4 is 5.32 Å². The lowest BCUT2D eigenvalue weighted by Crippen LogP contribution is -2.48. The van der Waals surface area contributed by atoms with Crippen molar-refractivity contribution in [3.8, 4) is 0 Å². The third-order valence-corrected chi connectivity index (χ3v) is 2.60. The van der Waals surface area contributed by atoms with Crippen LogP contribution >= 0.6 is 0 Å². The number of nitrogens with one attached hydrogen (secondary N) is 1. The van der Waals surface area contributed by atoms with Gasteiger partial charge in [-0.25, -0.2) is 9.86 Å². The maximum atomic E-state index is 11.3. The van der Waals surface area contributed by atoms with E-state index in [9.17, 15) is 14.8 Å². The van der Waals surface area contributed by atoms with Gasteiger partial charge in [0.05, 0.1) is 6.04 Å². The standard InChI is InChI=1S/C7H11N3O3/c11-4-8-6-2-1-5-3-9(6)7(12)10(5)13/h4-6,13H,1-3H2,(H,8,11)/t5-,6+/m1/s1. The van der Waals surface area contributed by atoms with Gasteiger partial charge in [-0.2, -0.15) is 0 Å². The van der Waals surface area contributed by atoms with Crippen LogP contribution in [0.25, 0.3) is 0 Å². The molecule has 2 aliphatic heterocycles. The van der Waals surface area contributed by atoms with E-state index >= 15 is 0 Å². The summed E-state index contributed by atoms with van der Waals surface area (Å²) in [6, 6.07) is -0.515. The van der Waals surface area contributed by atoms with Crippen LogP contribution in [0.15, 0.2) is 0 Å². The van der Waals surface area contributed by atoms with Crippen molar-refractivity contribution in [1.82, 2.24) is 15.3 Å². The fourth-order valence-corrected chi connectivity index (χ4v) is 1.90. The molecule has 72 valence electrons. The highest BCUT2D eigenvalue weighted by Gasteiger charge is 2.44. The van der Waals surface area contributed by atoms with Crippen LogP contribution in [0.1, 0.15) is 12.8 Å². The summed E-state index contributed by atoms with van der Waals surface area (Å²) in [4.78, 5) is 23.0. The minimum Gasteiger partial charge on any atom is -0.338 e. The van der Waals surface area contributed by atoms with Crippen molar-refractivity contribution in [3.05, 3.63) is 0 Å². The second-order valence-electron chi connectivity index (χ2n) is 3.31. The number of hydroxylamine groups is 2. The Morgan fingerprint density at radius 1 is 1.54 bits per heavy atom. The van der Waals surface area contributed by atoms with Gasteiger partial charge in [-0.15, -0.1) is 0 Å². The molecule has 13 heavy (non-hydrogen) atoms. The van der Waals surface area contributed by atoms with E-state index < -0.39 is 6.03 Å². The zero-order valence-electron chi connectivity index (χ0n) is 7.01. The van der Waals surface area contributed by atoms with E-state index in [1.54, 1.807) is 0 Å². The van der Waals surface area contributed by atoms with Gasteiger partial charge in [-0.3, -0.25) is 10.0 Å². The van der Waals surface area contributed by atoms with Crippen LogP contribution in [0.2, 0.25) is 0 Å². The van der Waals surface area contributed by atoms with Crippen molar-refractivity contribution in [1.29, 1.82) is 0 Å². The third-order valence-electron chi connectivity index (χ3n) is 2.60. The molecule has 2 atom stereocenters. The van der Waals surface area contributed by atoms with E-state index in [0.717, 1.165) is 11.5 Å². The molecule has 0 aromatic carbocycles. The molecule has 0 aromatic heterocycles. The van der Waals surface area contributed by atoms with Crippen LogP contribution in [0, 0.1) is 0 Å². The lowest BCUT2D eigenvalue weighted by atomic mass is 10.1. The molecule has 0 aliphatic carbocycles. The quantitative estimate of drug-likeness (QED) is 0.443. The second-order valence-corrected chi connectivity index (χ2v) is 3.31. The van der Waals surface area contributed by atoms with Gasteiger partial charge in [0.2, 0.25) is 6.41 Å². The molecule has 0 unspecified atom stereocenters. The zero-order chi connectivity index (χ0) is 9.42. The van der Waals surface area contributed by atoms with E-state index in [2.05, 4.69) is 5.32 Å². The minimum atomic E-state index is -0.415. The molecule has 2 bridgehead atoms. The first-order valence-electron chi connectivity index (χ1n) is 4.22. The SMILES string of the molecule is O=CN[C@@H]1CC[C@@H]2CN1C(=O)N2O. The number of carbonyl (C=O) groups excluding carboxylic acids is 2. The Labute approximate surface area is 75.1 Å². The van der Waals surface area contributed by atoms with Crippen LogP contribution in [0.3, 0.4) is 0 Å². The molecule has 2 heterocycles. The Hall–Kier alpha value is -1.30. The molecular formula is C7H11N3O3. The number of hydrogen-bond donors (Lipinski definition) is 2. The Kier molecular flexibility index (Phi) is 1.84. The number of rotatable bonds is 2. The van der Waals surface area contributed by atoms with Crippen molar-refractivity contribution < 1.29 is 14.8 Å². The lowest BCUT2D eigenvalue weighted by molar-refractivity contribution is -0.111. The summed E-state index contributed by atoms with van der Waals surface area (Å²) in [6.45, 7) is 0.501. The average Bonchev–Trinajstić information content (AvgIpc) is 2.37. The number of carbonyl (C=O) groups is 2. The Morgan fingerprint density at radius 3 is 3.00 bits per heavy atom. The normalized spacial score (nSPS) is 32.2. The van der Waals surface area contributed by atoms with E-state index in [1.165, 1.54) is 4.90 Å². The maximum absolute atomic E-state index is 11.3. The van der Waals surface area contributed by atoms with Crippen molar-refractivity contribution >= 4 is 12.4 Å². The summed E-state index contributed by atoms with van der Waals surface area (Å²) >= 11 is 0. The molecule has 2 N–H and O–H groups in total. The fourth-order valence-electron chi connectivity index (χ4n) is 1.90.